The van der Waals surface area contributed by atoms with Gasteiger partial charge in [-0.3, -0.25) is 4.99 Å². The van der Waals surface area contributed by atoms with Crippen LogP contribution in [0.1, 0.15) is 17.0 Å². The number of para-hydroxylation sites is 1. The first-order valence-corrected chi connectivity index (χ1v) is 9.90. The van der Waals surface area contributed by atoms with E-state index >= 15 is 0 Å². The number of ether oxygens (including phenoxy) is 3. The lowest BCUT2D eigenvalue weighted by Crippen LogP contribution is -2.30. The topological polar surface area (TPSA) is 81.9 Å². The lowest BCUT2D eigenvalue weighted by molar-refractivity contribution is 0.324. The molecule has 0 aliphatic carbocycles. The molecule has 3 aromatic rings. The number of nitrogens with zero attached hydrogens (tertiary/aromatic N) is 3. The highest BCUT2D eigenvalue weighted by molar-refractivity contribution is 5.94. The summed E-state index contributed by atoms with van der Waals surface area (Å²) in [6.07, 6.45) is 0. The standard InChI is InChI=1S/C23H29N5O3/c1-15-11-16(2)28(27-15)19-10-8-7-9-17(19)14-25-23(24-3)26-18-12-20(29-4)22(31-6)21(13-18)30-5/h7-13H,14H2,1-6H3,(H2,24,25,26). The number of benzene rings is 2. The van der Waals surface area contributed by atoms with Crippen molar-refractivity contribution in [1.29, 1.82) is 0 Å². The molecule has 0 unspecified atom stereocenters. The average Bonchev–Trinajstić information content (AvgIpc) is 3.13. The van der Waals surface area contributed by atoms with Gasteiger partial charge in [0.25, 0.3) is 0 Å². The third-order valence-electron chi connectivity index (χ3n) is 4.83. The van der Waals surface area contributed by atoms with Crippen molar-refractivity contribution >= 4 is 11.6 Å². The Kier molecular flexibility index (Phi) is 7.02. The molecule has 0 aliphatic rings. The second-order valence-electron chi connectivity index (χ2n) is 6.93. The summed E-state index contributed by atoms with van der Waals surface area (Å²) >= 11 is 0. The number of guanidine groups is 1. The molecule has 164 valence electrons. The highest BCUT2D eigenvalue weighted by Crippen LogP contribution is 2.39. The van der Waals surface area contributed by atoms with E-state index in [0.717, 1.165) is 28.3 Å². The van der Waals surface area contributed by atoms with Crippen LogP contribution in [0.2, 0.25) is 0 Å². The van der Waals surface area contributed by atoms with E-state index in [1.165, 1.54) is 0 Å². The number of aliphatic imine (C=N–C) groups is 1. The fourth-order valence-corrected chi connectivity index (χ4v) is 3.39. The minimum absolute atomic E-state index is 0.539. The quantitative estimate of drug-likeness (QED) is 0.445. The molecule has 8 heteroatoms. The van der Waals surface area contributed by atoms with Crippen molar-refractivity contribution in [2.24, 2.45) is 4.99 Å². The van der Waals surface area contributed by atoms with Gasteiger partial charge in [0.05, 0.1) is 32.7 Å². The molecule has 3 rings (SSSR count). The van der Waals surface area contributed by atoms with Crippen molar-refractivity contribution < 1.29 is 14.2 Å². The van der Waals surface area contributed by atoms with Crippen LogP contribution in [0.5, 0.6) is 17.2 Å². The van der Waals surface area contributed by atoms with E-state index in [-0.39, 0.29) is 0 Å². The van der Waals surface area contributed by atoms with Crippen LogP contribution in [0.4, 0.5) is 5.69 Å². The molecule has 0 bridgehead atoms. The van der Waals surface area contributed by atoms with Crippen LogP contribution in [0.15, 0.2) is 47.5 Å². The van der Waals surface area contributed by atoms with Gasteiger partial charge in [-0.05, 0) is 31.5 Å². The molecule has 31 heavy (non-hydrogen) atoms. The van der Waals surface area contributed by atoms with E-state index in [0.29, 0.717) is 29.8 Å². The second kappa shape index (κ2) is 9.88. The lowest BCUT2D eigenvalue weighted by atomic mass is 10.1. The van der Waals surface area contributed by atoms with Crippen LogP contribution >= 0.6 is 0 Å². The van der Waals surface area contributed by atoms with Gasteiger partial charge < -0.3 is 24.8 Å². The molecule has 1 aromatic heterocycles. The Labute approximate surface area is 182 Å². The Hall–Kier alpha value is -3.68. The van der Waals surface area contributed by atoms with Crippen molar-refractivity contribution in [1.82, 2.24) is 15.1 Å². The smallest absolute Gasteiger partial charge is 0.203 e. The number of aryl methyl sites for hydroxylation is 2. The van der Waals surface area contributed by atoms with Crippen molar-refractivity contribution in [2.45, 2.75) is 20.4 Å². The molecule has 2 N–H and O–H groups in total. The zero-order valence-corrected chi connectivity index (χ0v) is 18.8. The second-order valence-corrected chi connectivity index (χ2v) is 6.93. The Morgan fingerprint density at radius 2 is 1.68 bits per heavy atom. The summed E-state index contributed by atoms with van der Waals surface area (Å²) in [6, 6.07) is 13.9. The number of hydrogen-bond donors (Lipinski definition) is 2. The molecule has 0 aliphatic heterocycles. The normalized spacial score (nSPS) is 11.2. The maximum atomic E-state index is 5.43. The summed E-state index contributed by atoms with van der Waals surface area (Å²) in [5.41, 5.74) is 4.96. The van der Waals surface area contributed by atoms with Gasteiger partial charge in [0.2, 0.25) is 5.75 Å². The van der Waals surface area contributed by atoms with Crippen LogP contribution in [0.3, 0.4) is 0 Å². The van der Waals surface area contributed by atoms with Crippen LogP contribution < -0.4 is 24.8 Å². The number of rotatable bonds is 7. The molecule has 0 amide bonds. The molecule has 2 aromatic carbocycles. The van der Waals surface area contributed by atoms with Gasteiger partial charge in [0.15, 0.2) is 17.5 Å². The van der Waals surface area contributed by atoms with E-state index in [4.69, 9.17) is 14.2 Å². The van der Waals surface area contributed by atoms with E-state index < -0.39 is 0 Å². The van der Waals surface area contributed by atoms with Crippen molar-refractivity contribution in [3.63, 3.8) is 0 Å². The summed E-state index contributed by atoms with van der Waals surface area (Å²) < 4.78 is 18.2. The summed E-state index contributed by atoms with van der Waals surface area (Å²) in [7, 11) is 6.47. The fourth-order valence-electron chi connectivity index (χ4n) is 3.39. The highest BCUT2D eigenvalue weighted by Gasteiger charge is 2.14. The molecule has 0 radical (unpaired) electrons. The van der Waals surface area contributed by atoms with Gasteiger partial charge in [0, 0.05) is 37.1 Å². The van der Waals surface area contributed by atoms with Crippen LogP contribution in [0, 0.1) is 13.8 Å². The van der Waals surface area contributed by atoms with Gasteiger partial charge in [-0.25, -0.2) is 4.68 Å². The van der Waals surface area contributed by atoms with Gasteiger partial charge in [-0.1, -0.05) is 18.2 Å². The number of hydrogen-bond acceptors (Lipinski definition) is 5. The Morgan fingerprint density at radius 1 is 1.00 bits per heavy atom. The summed E-state index contributed by atoms with van der Waals surface area (Å²) in [6.45, 7) is 4.61. The first-order valence-electron chi connectivity index (χ1n) is 9.90. The zero-order chi connectivity index (χ0) is 22.4. The molecule has 0 saturated carbocycles. The number of aromatic nitrogens is 2. The fraction of sp³-hybridized carbons (Fsp3) is 0.304. The van der Waals surface area contributed by atoms with E-state index in [1.54, 1.807) is 28.4 Å². The maximum absolute atomic E-state index is 5.43. The Morgan fingerprint density at radius 3 is 2.23 bits per heavy atom. The van der Waals surface area contributed by atoms with Crippen LogP contribution in [0.25, 0.3) is 5.69 Å². The minimum atomic E-state index is 0.539. The van der Waals surface area contributed by atoms with E-state index in [2.05, 4.69) is 45.8 Å². The third-order valence-corrected chi connectivity index (χ3v) is 4.83. The van der Waals surface area contributed by atoms with Crippen LogP contribution in [-0.2, 0) is 6.54 Å². The SMILES string of the molecule is CN=C(NCc1ccccc1-n1nc(C)cc1C)Nc1cc(OC)c(OC)c(OC)c1. The van der Waals surface area contributed by atoms with E-state index in [9.17, 15) is 0 Å². The molecule has 1 heterocycles. The van der Waals surface area contributed by atoms with Gasteiger partial charge >= 0.3 is 0 Å². The first-order chi connectivity index (χ1) is 15.0. The van der Waals surface area contributed by atoms with Gasteiger partial charge in [-0.15, -0.1) is 0 Å². The predicted octanol–water partition coefficient (Wildman–Crippen LogP) is 3.70. The largest absolute Gasteiger partial charge is 0.493 e. The summed E-state index contributed by atoms with van der Waals surface area (Å²) in [4.78, 5) is 4.34. The van der Waals surface area contributed by atoms with Gasteiger partial charge in [0.1, 0.15) is 0 Å². The Bertz CT molecular complexity index is 1050. The molecular formula is C23H29N5O3. The maximum Gasteiger partial charge on any atom is 0.203 e. The molecule has 0 atom stereocenters. The number of methoxy groups -OCH3 is 3. The van der Waals surface area contributed by atoms with Crippen LogP contribution in [-0.4, -0.2) is 44.1 Å². The molecular weight excluding hydrogens is 394 g/mol. The predicted molar refractivity (Wildman–Crippen MR) is 123 cm³/mol. The molecule has 0 spiro atoms. The van der Waals surface area contributed by atoms with E-state index in [1.807, 2.05) is 35.9 Å². The monoisotopic (exact) mass is 423 g/mol. The first kappa shape index (κ1) is 22.0. The molecule has 8 nitrogen and oxygen atoms in total. The van der Waals surface area contributed by atoms with Crippen molar-refractivity contribution in [3.8, 4) is 22.9 Å². The summed E-state index contributed by atoms with van der Waals surface area (Å²) in [5.74, 6) is 2.28. The third kappa shape index (κ3) is 4.91. The molecule has 0 fully saturated rings. The highest BCUT2D eigenvalue weighted by atomic mass is 16.5. The zero-order valence-electron chi connectivity index (χ0n) is 18.8. The average molecular weight is 424 g/mol. The number of anilines is 1. The molecule has 0 saturated heterocycles. The Balaban J connectivity index is 1.79. The van der Waals surface area contributed by atoms with Gasteiger partial charge in [-0.2, -0.15) is 5.10 Å². The minimum Gasteiger partial charge on any atom is -0.493 e. The van der Waals surface area contributed by atoms with Crippen molar-refractivity contribution in [2.75, 3.05) is 33.7 Å². The summed E-state index contributed by atoms with van der Waals surface area (Å²) in [5, 5.41) is 11.2. The number of nitrogens with one attached hydrogen (secondary N) is 2. The van der Waals surface area contributed by atoms with Crippen molar-refractivity contribution in [3.05, 3.63) is 59.4 Å². The lowest BCUT2D eigenvalue weighted by Gasteiger charge is -2.17.